The number of ether oxygens (including phenoxy) is 1. The Labute approximate surface area is 196 Å². The van der Waals surface area contributed by atoms with Crippen molar-refractivity contribution in [2.75, 3.05) is 44.7 Å². The van der Waals surface area contributed by atoms with Crippen LogP contribution in [-0.2, 0) is 23.9 Å². The first-order valence-electron chi connectivity index (χ1n) is 10.6. The third kappa shape index (κ3) is 10.9. The largest absolute Gasteiger partial charge is 0.550 e. The van der Waals surface area contributed by atoms with Crippen LogP contribution in [0.5, 0.6) is 0 Å². The normalized spacial score (nSPS) is 10.6. The molecule has 0 aromatic heterocycles. The van der Waals surface area contributed by atoms with Crippen molar-refractivity contribution in [1.29, 1.82) is 0 Å². The number of rotatable bonds is 14. The molecule has 0 saturated carbocycles. The average Bonchev–Trinajstić information content (AvgIpc) is 2.99. The number of hydrogen-bond acceptors (Lipinski definition) is 9. The van der Waals surface area contributed by atoms with Gasteiger partial charge in [0.05, 0.1) is 31.8 Å². The van der Waals surface area contributed by atoms with Crippen LogP contribution in [0.4, 0.5) is 5.69 Å². The van der Waals surface area contributed by atoms with Crippen molar-refractivity contribution in [3.05, 3.63) is 40.6 Å². The Hall–Kier alpha value is -3.51. The molecule has 190 valence electrons. The number of carbonyl (C=O) groups is 4. The molecule has 1 aromatic carbocycles. The summed E-state index contributed by atoms with van der Waals surface area (Å²) in [5.41, 5.74) is -2.29. The van der Waals surface area contributed by atoms with Gasteiger partial charge in [-0.05, 0) is 26.0 Å². The molecule has 0 fully saturated rings. The molecule has 0 unspecified atom stereocenters. The van der Waals surface area contributed by atoms with E-state index in [-0.39, 0.29) is 17.8 Å². The van der Waals surface area contributed by atoms with E-state index in [1.165, 1.54) is 11.0 Å². The molecule has 12 nitrogen and oxygen atoms in total. The van der Waals surface area contributed by atoms with Crippen molar-refractivity contribution >= 4 is 29.6 Å². The molecule has 0 aliphatic carbocycles. The zero-order chi connectivity index (χ0) is 26.1. The lowest BCUT2D eigenvalue weighted by molar-refractivity contribution is -0.896. The van der Waals surface area contributed by atoms with Crippen molar-refractivity contribution in [2.24, 2.45) is 5.41 Å². The number of carboxylic acid groups (broad SMARTS) is 3. The summed E-state index contributed by atoms with van der Waals surface area (Å²) < 4.78 is 5.18. The Morgan fingerprint density at radius 1 is 1.06 bits per heavy atom. The Kier molecular flexibility index (Phi) is 14.5. The van der Waals surface area contributed by atoms with Gasteiger partial charge in [0, 0.05) is 18.9 Å². The summed E-state index contributed by atoms with van der Waals surface area (Å²) in [4.78, 5) is 55.5. The van der Waals surface area contributed by atoms with Crippen molar-refractivity contribution in [2.45, 2.75) is 26.7 Å². The number of nitrogens with one attached hydrogen (secondary N) is 2. The van der Waals surface area contributed by atoms with Crippen LogP contribution in [0.25, 0.3) is 0 Å². The lowest BCUT2D eigenvalue weighted by atomic mass is 9.85. The van der Waals surface area contributed by atoms with Crippen LogP contribution in [-0.4, -0.2) is 78.6 Å². The first-order valence-corrected chi connectivity index (χ1v) is 10.6. The highest BCUT2D eigenvalue weighted by Crippen LogP contribution is 2.21. The number of aliphatic hydroxyl groups excluding tert-OH is 1. The first kappa shape index (κ1) is 30.5. The van der Waals surface area contributed by atoms with Gasteiger partial charge in [-0.3, -0.25) is 19.2 Å². The van der Waals surface area contributed by atoms with Gasteiger partial charge in [-0.25, -0.2) is 0 Å². The summed E-state index contributed by atoms with van der Waals surface area (Å²) in [5, 5.41) is 38.3. The number of aliphatic carboxylic acids is 3. The van der Waals surface area contributed by atoms with Gasteiger partial charge in [-0.2, -0.15) is 0 Å². The van der Waals surface area contributed by atoms with E-state index >= 15 is 0 Å². The van der Waals surface area contributed by atoms with Gasteiger partial charge in [0.1, 0.15) is 13.2 Å². The summed E-state index contributed by atoms with van der Waals surface area (Å²) in [5.74, 6) is -5.90. The van der Waals surface area contributed by atoms with Crippen LogP contribution in [0, 0.1) is 5.41 Å². The van der Waals surface area contributed by atoms with Crippen LogP contribution in [0.2, 0.25) is 0 Å². The molecule has 0 aliphatic heterocycles. The average molecular weight is 485 g/mol. The van der Waals surface area contributed by atoms with E-state index in [0.717, 1.165) is 19.6 Å². The SMILES string of the molecule is CC[NH+](CC)CCOC(=O)CCNc1cccccc1=O.O=C([O-])CC(CO)(C(=O)O)C(=O)O. The van der Waals surface area contributed by atoms with E-state index in [1.54, 1.807) is 24.3 Å². The summed E-state index contributed by atoms with van der Waals surface area (Å²) >= 11 is 0. The molecule has 0 saturated heterocycles. The molecule has 0 heterocycles. The molecule has 0 spiro atoms. The maximum atomic E-state index is 11.6. The lowest BCUT2D eigenvalue weighted by Crippen LogP contribution is -3.11. The number of carboxylic acids is 3. The number of quaternary nitrogens is 1. The third-order valence-corrected chi connectivity index (χ3v) is 4.90. The second-order valence-corrected chi connectivity index (χ2v) is 7.19. The Balaban J connectivity index is 0.000000722. The van der Waals surface area contributed by atoms with Gasteiger partial charge >= 0.3 is 17.9 Å². The van der Waals surface area contributed by atoms with Crippen molar-refractivity contribution in [1.82, 2.24) is 0 Å². The summed E-state index contributed by atoms with van der Waals surface area (Å²) in [6.45, 7) is 6.69. The molecule has 1 rings (SSSR count). The molecule has 0 bridgehead atoms. The molecule has 0 atom stereocenters. The fourth-order valence-electron chi connectivity index (χ4n) is 2.64. The number of hydrogen-bond donors (Lipinski definition) is 5. The predicted molar refractivity (Wildman–Crippen MR) is 118 cm³/mol. The summed E-state index contributed by atoms with van der Waals surface area (Å²) in [6, 6.07) is 8.47. The number of aliphatic hydroxyl groups is 1. The van der Waals surface area contributed by atoms with E-state index in [9.17, 15) is 29.1 Å². The second kappa shape index (κ2) is 16.2. The van der Waals surface area contributed by atoms with Gasteiger partial charge in [0.15, 0.2) is 5.41 Å². The number of likely N-dealkylation sites (N-methyl/N-ethyl adjacent to an activating group) is 1. The second-order valence-electron chi connectivity index (χ2n) is 7.19. The quantitative estimate of drug-likeness (QED) is 0.139. The van der Waals surface area contributed by atoms with Gasteiger partial charge in [0.2, 0.25) is 5.43 Å². The van der Waals surface area contributed by atoms with Crippen LogP contribution < -0.4 is 20.8 Å². The highest BCUT2D eigenvalue weighted by Gasteiger charge is 2.46. The minimum Gasteiger partial charge on any atom is -0.550 e. The van der Waals surface area contributed by atoms with E-state index in [1.807, 2.05) is 0 Å². The molecule has 0 amide bonds. The topological polar surface area (TPSA) is 195 Å². The zero-order valence-electron chi connectivity index (χ0n) is 19.2. The van der Waals surface area contributed by atoms with Gasteiger partial charge < -0.3 is 40.2 Å². The Bertz CT molecular complexity index is 857. The highest BCUT2D eigenvalue weighted by atomic mass is 16.5. The van der Waals surface area contributed by atoms with Crippen LogP contribution in [0.3, 0.4) is 0 Å². The van der Waals surface area contributed by atoms with Crippen molar-refractivity contribution < 1.29 is 49.2 Å². The van der Waals surface area contributed by atoms with E-state index in [0.29, 0.717) is 18.8 Å². The Morgan fingerprint density at radius 3 is 2.12 bits per heavy atom. The zero-order valence-corrected chi connectivity index (χ0v) is 19.2. The first-order chi connectivity index (χ1) is 16.0. The van der Waals surface area contributed by atoms with Crippen molar-refractivity contribution in [3.63, 3.8) is 0 Å². The molecule has 5 N–H and O–H groups in total. The van der Waals surface area contributed by atoms with Gasteiger partial charge in [0.25, 0.3) is 0 Å². The van der Waals surface area contributed by atoms with Crippen LogP contribution in [0.15, 0.2) is 35.1 Å². The monoisotopic (exact) mass is 484 g/mol. The maximum absolute atomic E-state index is 11.6. The van der Waals surface area contributed by atoms with Crippen LogP contribution in [0.1, 0.15) is 26.7 Å². The van der Waals surface area contributed by atoms with Crippen LogP contribution >= 0.6 is 0 Å². The fraction of sp³-hybridized carbons (Fsp3) is 0.500. The van der Waals surface area contributed by atoms with E-state index in [4.69, 9.17) is 20.1 Å². The maximum Gasteiger partial charge on any atom is 0.323 e. The summed E-state index contributed by atoms with van der Waals surface area (Å²) in [7, 11) is 0. The molecule has 1 aromatic rings. The standard InChI is InChI=1S/C16H24N2O3.C6H8O7/c1-3-18(4-2)12-13-21-16(20)10-11-17-14-8-6-5-7-9-15(14)19;7-2-6(4(10)11,5(12)13)1-3(8)9/h5-9H,3-4,10-13H2,1-2H3,(H,17,19);7H,1-2H2,(H,8,9)(H,10,11)(H,12,13). The lowest BCUT2D eigenvalue weighted by Gasteiger charge is -2.22. The number of anilines is 1. The molecule has 34 heavy (non-hydrogen) atoms. The van der Waals surface area contributed by atoms with Gasteiger partial charge in [-0.15, -0.1) is 0 Å². The number of carbonyl (C=O) groups excluding carboxylic acids is 2. The minimum atomic E-state index is -2.71. The van der Waals surface area contributed by atoms with Gasteiger partial charge in [-0.1, -0.05) is 18.2 Å². The third-order valence-electron chi connectivity index (χ3n) is 4.90. The molecular weight excluding hydrogens is 452 g/mol. The summed E-state index contributed by atoms with van der Waals surface area (Å²) in [6.07, 6.45) is -1.01. The molecule has 12 heteroatoms. The fourth-order valence-corrected chi connectivity index (χ4v) is 2.64. The van der Waals surface area contributed by atoms with Crippen molar-refractivity contribution in [3.8, 4) is 0 Å². The molecule has 0 radical (unpaired) electrons. The highest BCUT2D eigenvalue weighted by molar-refractivity contribution is 6.01. The van der Waals surface area contributed by atoms with E-state index < -0.39 is 36.4 Å². The van der Waals surface area contributed by atoms with E-state index in [2.05, 4.69) is 19.2 Å². The Morgan fingerprint density at radius 2 is 1.65 bits per heavy atom. The predicted octanol–water partition coefficient (Wildman–Crippen LogP) is -2.41. The molecular formula is C22H32N2O10. The smallest absolute Gasteiger partial charge is 0.323 e. The number of esters is 1. The molecule has 0 aliphatic rings. The minimum absolute atomic E-state index is 0.0847.